The molecule has 0 spiro atoms. The quantitative estimate of drug-likeness (QED) is 0.587. The lowest BCUT2D eigenvalue weighted by Gasteiger charge is -2.15. The first-order valence-corrected chi connectivity index (χ1v) is 8.65. The topological polar surface area (TPSA) is 34.9 Å². The van der Waals surface area contributed by atoms with E-state index in [-0.39, 0.29) is 28.6 Å². The minimum Gasteiger partial charge on any atom is -0.259 e. The van der Waals surface area contributed by atoms with Crippen molar-refractivity contribution in [3.05, 3.63) is 69.2 Å². The van der Waals surface area contributed by atoms with Gasteiger partial charge in [-0.15, -0.1) is 0 Å². The fourth-order valence-corrected chi connectivity index (χ4v) is 3.38. The number of alkyl halides is 4. The van der Waals surface area contributed by atoms with Crippen molar-refractivity contribution in [3.63, 3.8) is 0 Å². The largest absolute Gasteiger partial charge is 0.416 e. The molecule has 0 bridgehead atoms. The number of rotatable bonds is 3. The van der Waals surface area contributed by atoms with Gasteiger partial charge in [-0.1, -0.05) is 29.8 Å². The minimum atomic E-state index is -4.57. The van der Waals surface area contributed by atoms with Crippen LogP contribution in [0.2, 0.25) is 5.02 Å². The van der Waals surface area contributed by atoms with Crippen molar-refractivity contribution in [3.8, 4) is 5.69 Å². The summed E-state index contributed by atoms with van der Waals surface area (Å²) in [7, 11) is 0. The molecule has 3 aromatic rings. The van der Waals surface area contributed by atoms with E-state index >= 15 is 0 Å². The zero-order valence-electron chi connectivity index (χ0n) is 13.8. The van der Waals surface area contributed by atoms with E-state index in [1.807, 2.05) is 0 Å². The molecule has 1 heterocycles. The van der Waals surface area contributed by atoms with E-state index in [1.165, 1.54) is 18.2 Å². The fourth-order valence-electron chi connectivity index (χ4n) is 3.16. The molecular weight excluding hydrogens is 384 g/mol. The highest BCUT2D eigenvalue weighted by atomic mass is 35.5. The van der Waals surface area contributed by atoms with Gasteiger partial charge in [0.1, 0.15) is 6.17 Å². The lowest BCUT2D eigenvalue weighted by Crippen LogP contribution is -2.24. The second-order valence-corrected chi connectivity index (χ2v) is 6.98. The normalized spacial score (nSPS) is 19.4. The standard InChI is InChI=1S/C19H13ClF4N2O/c20-13-3-1-2-4-16(13)26-17-9-11(19(22,23)24)5-6-12(17)15(25-18(26)27)8-10-7-14(10)21/h1-6,9-10,14H,7-8H2/t10-,14-/m0/s1. The summed E-state index contributed by atoms with van der Waals surface area (Å²) in [6, 6.07) is 9.47. The van der Waals surface area contributed by atoms with E-state index in [1.54, 1.807) is 12.1 Å². The highest BCUT2D eigenvalue weighted by molar-refractivity contribution is 6.32. The van der Waals surface area contributed by atoms with Crippen molar-refractivity contribution in [1.29, 1.82) is 0 Å². The third-order valence-electron chi connectivity index (χ3n) is 4.68. The van der Waals surface area contributed by atoms with E-state index in [0.29, 0.717) is 17.5 Å². The highest BCUT2D eigenvalue weighted by Crippen LogP contribution is 2.38. The van der Waals surface area contributed by atoms with E-state index in [2.05, 4.69) is 4.98 Å². The van der Waals surface area contributed by atoms with Crippen molar-refractivity contribution in [2.24, 2.45) is 5.92 Å². The van der Waals surface area contributed by atoms with Crippen molar-refractivity contribution >= 4 is 22.5 Å². The van der Waals surface area contributed by atoms with Crippen LogP contribution >= 0.6 is 11.6 Å². The molecule has 2 aromatic carbocycles. The van der Waals surface area contributed by atoms with Gasteiger partial charge in [0.2, 0.25) is 0 Å². The van der Waals surface area contributed by atoms with E-state index < -0.39 is 23.6 Å². The molecule has 1 fully saturated rings. The second kappa shape index (κ2) is 6.34. The number of hydrogen-bond acceptors (Lipinski definition) is 2. The van der Waals surface area contributed by atoms with Crippen molar-refractivity contribution in [2.75, 3.05) is 0 Å². The SMILES string of the molecule is O=c1nc(C[C@@H]2C[C@@H]2F)c2ccc(C(F)(F)F)cc2n1-c1ccccc1Cl. The first-order valence-electron chi connectivity index (χ1n) is 8.27. The average molecular weight is 397 g/mol. The van der Waals surface area contributed by atoms with Gasteiger partial charge in [-0.2, -0.15) is 18.2 Å². The number of aromatic nitrogens is 2. The Morgan fingerprint density at radius 2 is 1.89 bits per heavy atom. The molecule has 2 atom stereocenters. The van der Waals surface area contributed by atoms with Crippen LogP contribution in [0.25, 0.3) is 16.6 Å². The summed E-state index contributed by atoms with van der Waals surface area (Å²) in [5.74, 6) is -0.251. The average Bonchev–Trinajstić information content (AvgIpc) is 3.30. The molecule has 0 N–H and O–H groups in total. The summed E-state index contributed by atoms with van der Waals surface area (Å²) >= 11 is 6.15. The molecule has 1 aromatic heterocycles. The van der Waals surface area contributed by atoms with Crippen LogP contribution < -0.4 is 5.69 Å². The monoisotopic (exact) mass is 396 g/mol. The molecule has 1 aliphatic rings. The smallest absolute Gasteiger partial charge is 0.259 e. The summed E-state index contributed by atoms with van der Waals surface area (Å²) in [5.41, 5.74) is -1.05. The number of para-hydroxylation sites is 1. The summed E-state index contributed by atoms with van der Waals surface area (Å²) < 4.78 is 54.0. The van der Waals surface area contributed by atoms with Gasteiger partial charge in [0.15, 0.2) is 0 Å². The Kier molecular flexibility index (Phi) is 4.22. The van der Waals surface area contributed by atoms with E-state index in [0.717, 1.165) is 16.7 Å². The Morgan fingerprint density at radius 1 is 1.19 bits per heavy atom. The number of nitrogens with zero attached hydrogens (tertiary/aromatic N) is 2. The molecule has 0 amide bonds. The number of benzene rings is 2. The lowest BCUT2D eigenvalue weighted by molar-refractivity contribution is -0.137. The van der Waals surface area contributed by atoms with E-state index in [4.69, 9.17) is 11.6 Å². The summed E-state index contributed by atoms with van der Waals surface area (Å²) in [6.45, 7) is 0. The maximum absolute atomic E-state index is 13.3. The Hall–Kier alpha value is -2.41. The van der Waals surface area contributed by atoms with Gasteiger partial charge in [0.05, 0.1) is 27.5 Å². The molecule has 0 aliphatic heterocycles. The second-order valence-electron chi connectivity index (χ2n) is 6.57. The maximum atomic E-state index is 13.3. The zero-order chi connectivity index (χ0) is 19.3. The van der Waals surface area contributed by atoms with Crippen LogP contribution in [0.5, 0.6) is 0 Å². The fraction of sp³-hybridized carbons (Fsp3) is 0.263. The van der Waals surface area contributed by atoms with Gasteiger partial charge in [-0.05, 0) is 43.0 Å². The molecule has 8 heteroatoms. The van der Waals surface area contributed by atoms with Crippen molar-refractivity contribution < 1.29 is 17.6 Å². The maximum Gasteiger partial charge on any atom is 0.416 e. The number of halogens is 5. The van der Waals surface area contributed by atoms with Gasteiger partial charge < -0.3 is 0 Å². The van der Waals surface area contributed by atoms with Gasteiger partial charge in [0, 0.05) is 5.39 Å². The van der Waals surface area contributed by atoms with Crippen LogP contribution in [0.3, 0.4) is 0 Å². The molecule has 0 radical (unpaired) electrons. The molecule has 140 valence electrons. The van der Waals surface area contributed by atoms with Gasteiger partial charge in [-0.3, -0.25) is 4.57 Å². The third kappa shape index (κ3) is 3.32. The number of fused-ring (bicyclic) bond motifs is 1. The van der Waals surface area contributed by atoms with E-state index in [9.17, 15) is 22.4 Å². The van der Waals surface area contributed by atoms with Gasteiger partial charge in [-0.25, -0.2) is 9.18 Å². The molecule has 4 rings (SSSR count). The Balaban J connectivity index is 2.01. The Labute approximate surface area is 156 Å². The predicted octanol–water partition coefficient (Wildman–Crippen LogP) is 4.96. The molecule has 3 nitrogen and oxygen atoms in total. The molecule has 1 saturated carbocycles. The summed E-state index contributed by atoms with van der Waals surface area (Å²) in [6.07, 6.45) is -4.94. The Morgan fingerprint density at radius 3 is 2.52 bits per heavy atom. The van der Waals surface area contributed by atoms with Crippen LogP contribution in [0.15, 0.2) is 47.3 Å². The van der Waals surface area contributed by atoms with Gasteiger partial charge in [0.25, 0.3) is 0 Å². The molecule has 27 heavy (non-hydrogen) atoms. The van der Waals surface area contributed by atoms with Crippen molar-refractivity contribution in [2.45, 2.75) is 25.2 Å². The lowest BCUT2D eigenvalue weighted by atomic mass is 10.1. The molecule has 1 aliphatic carbocycles. The first-order chi connectivity index (χ1) is 12.8. The third-order valence-corrected chi connectivity index (χ3v) is 5.00. The zero-order valence-corrected chi connectivity index (χ0v) is 14.6. The number of hydrogen-bond donors (Lipinski definition) is 0. The summed E-state index contributed by atoms with van der Waals surface area (Å²) in [4.78, 5) is 16.7. The molecular formula is C19H13ClF4N2O. The van der Waals surface area contributed by atoms with Crippen molar-refractivity contribution in [1.82, 2.24) is 9.55 Å². The summed E-state index contributed by atoms with van der Waals surface area (Å²) in [5, 5.41) is 0.584. The highest BCUT2D eigenvalue weighted by Gasteiger charge is 2.38. The molecule has 0 saturated heterocycles. The van der Waals surface area contributed by atoms with Crippen LogP contribution in [0.1, 0.15) is 17.7 Å². The van der Waals surface area contributed by atoms with Crippen LogP contribution in [-0.2, 0) is 12.6 Å². The predicted molar refractivity (Wildman–Crippen MR) is 94.1 cm³/mol. The van der Waals surface area contributed by atoms with Gasteiger partial charge >= 0.3 is 11.9 Å². The van der Waals surface area contributed by atoms with Crippen LogP contribution in [0.4, 0.5) is 17.6 Å². The minimum absolute atomic E-state index is 0.0454. The Bertz CT molecular complexity index is 1090. The first kappa shape index (κ1) is 18.0. The van der Waals surface area contributed by atoms with Crippen LogP contribution in [-0.4, -0.2) is 15.7 Å². The molecule has 0 unspecified atom stereocenters. The van der Waals surface area contributed by atoms with Crippen LogP contribution in [0, 0.1) is 5.92 Å².